The molecule has 26 heavy (non-hydrogen) atoms. The molecular weight excluding hydrogens is 332 g/mol. The van der Waals surface area contributed by atoms with Crippen molar-refractivity contribution in [2.75, 3.05) is 25.0 Å². The number of aromatic nitrogens is 1. The topological polar surface area (TPSA) is 83.4 Å². The molecule has 1 aliphatic heterocycles. The number of hydrogen-bond donors (Lipinski definition) is 2. The molecule has 2 N–H and O–H groups in total. The summed E-state index contributed by atoms with van der Waals surface area (Å²) in [6, 6.07) is 3.04. The molecule has 0 aliphatic carbocycles. The molecule has 1 aromatic rings. The smallest absolute Gasteiger partial charge is 0.317 e. The second-order valence-corrected chi connectivity index (χ2v) is 7.33. The molecule has 1 fully saturated rings. The number of piperidine rings is 1. The highest BCUT2D eigenvalue weighted by molar-refractivity contribution is 5.90. The Morgan fingerprint density at radius 3 is 2.77 bits per heavy atom. The number of carbonyl (C=O) groups is 2. The quantitative estimate of drug-likeness (QED) is 0.814. The van der Waals surface area contributed by atoms with Crippen LogP contribution >= 0.6 is 0 Å². The monoisotopic (exact) mass is 362 g/mol. The van der Waals surface area contributed by atoms with E-state index in [2.05, 4.69) is 24.5 Å². The summed E-state index contributed by atoms with van der Waals surface area (Å²) in [6.45, 7) is 8.57. The number of nitrogens with zero attached hydrogens (tertiary/aromatic N) is 2. The molecular formula is C19H30N4O3. The van der Waals surface area contributed by atoms with Gasteiger partial charge in [0, 0.05) is 44.9 Å². The molecule has 144 valence electrons. The molecule has 1 saturated heterocycles. The lowest BCUT2D eigenvalue weighted by molar-refractivity contribution is -0.117. The van der Waals surface area contributed by atoms with E-state index in [9.17, 15) is 14.4 Å². The number of anilines is 1. The fraction of sp³-hybridized carbons (Fsp3) is 0.632. The van der Waals surface area contributed by atoms with Crippen molar-refractivity contribution >= 4 is 17.6 Å². The number of rotatable bonds is 6. The van der Waals surface area contributed by atoms with E-state index in [0.717, 1.165) is 19.4 Å². The van der Waals surface area contributed by atoms with Crippen LogP contribution in [0, 0.1) is 11.8 Å². The third-order valence-electron chi connectivity index (χ3n) is 4.55. The van der Waals surface area contributed by atoms with Gasteiger partial charge in [0.25, 0.3) is 5.56 Å². The maximum Gasteiger partial charge on any atom is 0.317 e. The summed E-state index contributed by atoms with van der Waals surface area (Å²) in [6.07, 6.45) is 3.88. The van der Waals surface area contributed by atoms with Crippen LogP contribution < -0.4 is 16.2 Å². The van der Waals surface area contributed by atoms with E-state index < -0.39 is 0 Å². The summed E-state index contributed by atoms with van der Waals surface area (Å²) in [4.78, 5) is 38.0. The predicted octanol–water partition coefficient (Wildman–Crippen LogP) is 2.27. The van der Waals surface area contributed by atoms with Gasteiger partial charge in [0.1, 0.15) is 0 Å². The molecule has 0 aromatic carbocycles. The SMILES string of the molecule is CCn1cc(NC(=O)CC2CCCN(C(=O)NCC(C)C)C2)ccc1=O. The van der Waals surface area contributed by atoms with E-state index in [4.69, 9.17) is 0 Å². The molecule has 1 atom stereocenters. The highest BCUT2D eigenvalue weighted by atomic mass is 16.2. The molecule has 0 spiro atoms. The van der Waals surface area contributed by atoms with Crippen LogP contribution in [-0.4, -0.2) is 41.0 Å². The van der Waals surface area contributed by atoms with Gasteiger partial charge in [-0.1, -0.05) is 13.8 Å². The Morgan fingerprint density at radius 2 is 2.08 bits per heavy atom. The molecule has 0 bridgehead atoms. The first-order valence-electron chi connectivity index (χ1n) is 9.42. The van der Waals surface area contributed by atoms with Crippen molar-refractivity contribution in [3.63, 3.8) is 0 Å². The van der Waals surface area contributed by atoms with Crippen molar-refractivity contribution in [2.24, 2.45) is 11.8 Å². The maximum atomic E-state index is 12.3. The van der Waals surface area contributed by atoms with Gasteiger partial charge in [0.2, 0.25) is 5.91 Å². The van der Waals surface area contributed by atoms with E-state index in [1.807, 2.05) is 6.92 Å². The number of urea groups is 1. The van der Waals surface area contributed by atoms with Crippen LogP contribution in [-0.2, 0) is 11.3 Å². The van der Waals surface area contributed by atoms with Crippen molar-refractivity contribution in [3.8, 4) is 0 Å². The fourth-order valence-electron chi connectivity index (χ4n) is 3.15. The van der Waals surface area contributed by atoms with Gasteiger partial charge in [-0.2, -0.15) is 0 Å². The minimum atomic E-state index is -0.0826. The molecule has 2 rings (SSSR count). The lowest BCUT2D eigenvalue weighted by atomic mass is 9.94. The minimum absolute atomic E-state index is 0.0427. The van der Waals surface area contributed by atoms with Gasteiger partial charge in [0.15, 0.2) is 0 Å². The van der Waals surface area contributed by atoms with E-state index in [1.54, 1.807) is 21.7 Å². The average Bonchev–Trinajstić information content (AvgIpc) is 2.61. The lowest BCUT2D eigenvalue weighted by Crippen LogP contribution is -2.46. The third-order valence-corrected chi connectivity index (χ3v) is 4.55. The summed E-state index contributed by atoms with van der Waals surface area (Å²) in [5, 5.41) is 5.80. The molecule has 1 aliphatic rings. The summed E-state index contributed by atoms with van der Waals surface area (Å²) < 4.78 is 1.55. The van der Waals surface area contributed by atoms with Crippen LogP contribution in [0.3, 0.4) is 0 Å². The van der Waals surface area contributed by atoms with Crippen LogP contribution in [0.25, 0.3) is 0 Å². The number of amides is 3. The van der Waals surface area contributed by atoms with Crippen LogP contribution in [0.4, 0.5) is 10.5 Å². The number of aryl methyl sites for hydroxylation is 1. The Hall–Kier alpha value is -2.31. The van der Waals surface area contributed by atoms with Crippen molar-refractivity contribution in [2.45, 2.75) is 46.6 Å². The summed E-state index contributed by atoms with van der Waals surface area (Å²) in [7, 11) is 0. The number of likely N-dealkylation sites (tertiary alicyclic amines) is 1. The molecule has 3 amide bonds. The van der Waals surface area contributed by atoms with Gasteiger partial charge < -0.3 is 20.1 Å². The first-order chi connectivity index (χ1) is 12.4. The van der Waals surface area contributed by atoms with E-state index in [0.29, 0.717) is 37.7 Å². The van der Waals surface area contributed by atoms with E-state index in [-0.39, 0.29) is 23.4 Å². The van der Waals surface area contributed by atoms with Crippen molar-refractivity contribution in [3.05, 3.63) is 28.7 Å². The van der Waals surface area contributed by atoms with Crippen molar-refractivity contribution in [1.82, 2.24) is 14.8 Å². The number of nitrogens with one attached hydrogen (secondary N) is 2. The molecule has 7 heteroatoms. The third kappa shape index (κ3) is 5.89. The van der Waals surface area contributed by atoms with Crippen LogP contribution in [0.1, 0.15) is 40.0 Å². The van der Waals surface area contributed by atoms with Crippen molar-refractivity contribution in [1.29, 1.82) is 0 Å². The number of pyridine rings is 1. The van der Waals surface area contributed by atoms with Crippen LogP contribution in [0.2, 0.25) is 0 Å². The van der Waals surface area contributed by atoms with Crippen molar-refractivity contribution < 1.29 is 9.59 Å². The van der Waals surface area contributed by atoms with Gasteiger partial charge in [-0.25, -0.2) is 4.79 Å². The molecule has 0 saturated carbocycles. The highest BCUT2D eigenvalue weighted by Crippen LogP contribution is 2.20. The Balaban J connectivity index is 1.86. The van der Waals surface area contributed by atoms with Gasteiger partial charge in [-0.05, 0) is 37.7 Å². The Bertz CT molecular complexity index is 684. The fourth-order valence-corrected chi connectivity index (χ4v) is 3.15. The molecule has 0 radical (unpaired) electrons. The summed E-state index contributed by atoms with van der Waals surface area (Å²) >= 11 is 0. The lowest BCUT2D eigenvalue weighted by Gasteiger charge is -2.32. The zero-order chi connectivity index (χ0) is 19.1. The van der Waals surface area contributed by atoms with Gasteiger partial charge in [-0.15, -0.1) is 0 Å². The second kappa shape index (κ2) is 9.40. The zero-order valence-corrected chi connectivity index (χ0v) is 16.0. The molecule has 1 aromatic heterocycles. The summed E-state index contributed by atoms with van der Waals surface area (Å²) in [5.41, 5.74) is 0.541. The van der Waals surface area contributed by atoms with Crippen LogP contribution in [0.5, 0.6) is 0 Å². The van der Waals surface area contributed by atoms with E-state index in [1.165, 1.54) is 6.07 Å². The largest absolute Gasteiger partial charge is 0.338 e. The molecule has 1 unspecified atom stereocenters. The first-order valence-corrected chi connectivity index (χ1v) is 9.42. The van der Waals surface area contributed by atoms with Crippen LogP contribution in [0.15, 0.2) is 23.1 Å². The Morgan fingerprint density at radius 1 is 1.31 bits per heavy atom. The molecule has 2 heterocycles. The average molecular weight is 362 g/mol. The Kier molecular flexibility index (Phi) is 7.24. The van der Waals surface area contributed by atoms with E-state index >= 15 is 0 Å². The Labute approximate surface area is 154 Å². The highest BCUT2D eigenvalue weighted by Gasteiger charge is 2.25. The minimum Gasteiger partial charge on any atom is -0.338 e. The zero-order valence-electron chi connectivity index (χ0n) is 16.0. The predicted molar refractivity (Wildman–Crippen MR) is 102 cm³/mol. The standard InChI is InChI=1S/C19H30N4O3/c1-4-22-13-16(7-8-18(22)25)21-17(24)10-15-6-5-9-23(12-15)19(26)20-11-14(2)3/h7-8,13-15H,4-6,9-12H2,1-3H3,(H,20,26)(H,21,24). The summed E-state index contributed by atoms with van der Waals surface area (Å²) in [5.74, 6) is 0.489. The number of carbonyl (C=O) groups excluding carboxylic acids is 2. The first kappa shape index (κ1) is 20.0. The normalized spacial score (nSPS) is 17.2. The maximum absolute atomic E-state index is 12.3. The van der Waals surface area contributed by atoms with Gasteiger partial charge in [0.05, 0.1) is 5.69 Å². The van der Waals surface area contributed by atoms with Gasteiger partial charge >= 0.3 is 6.03 Å². The second-order valence-electron chi connectivity index (χ2n) is 7.33. The molecule has 7 nitrogen and oxygen atoms in total. The van der Waals surface area contributed by atoms with Gasteiger partial charge in [-0.3, -0.25) is 9.59 Å². The number of hydrogen-bond acceptors (Lipinski definition) is 3.